The summed E-state index contributed by atoms with van der Waals surface area (Å²) < 4.78 is 44.4. The molecular weight excluding hydrogens is 457 g/mol. The number of amides is 1. The average molecular weight is 479 g/mol. The Bertz CT molecular complexity index is 1150. The number of carbonyl (C=O) groups is 1. The Morgan fingerprint density at radius 3 is 2.82 bits per heavy atom. The van der Waals surface area contributed by atoms with Gasteiger partial charge in [-0.25, -0.2) is 0 Å². The number of nitrogens with zero attached hydrogens (tertiary/aromatic N) is 3. The van der Waals surface area contributed by atoms with E-state index >= 15 is 0 Å². The van der Waals surface area contributed by atoms with E-state index < -0.39 is 17.7 Å². The standard InChI is InChI=1S/C23H22ClF3N4O2/c1-14-5-2-3-7-17(14)21-29-20(33-30-21)13-31-10-4-6-15(12-31)22(32)28-19-11-16(23(25,26)27)8-9-18(19)24/h2-3,5,7-9,11,15H,4,6,10,12-13H2,1H3,(H,28,32). The van der Waals surface area contributed by atoms with Gasteiger partial charge in [-0.15, -0.1) is 0 Å². The second-order valence-electron chi connectivity index (χ2n) is 8.08. The Hall–Kier alpha value is -2.91. The molecule has 1 amide bonds. The summed E-state index contributed by atoms with van der Waals surface area (Å²) in [7, 11) is 0. The second-order valence-corrected chi connectivity index (χ2v) is 8.49. The molecular formula is C23H22ClF3N4O2. The quantitative estimate of drug-likeness (QED) is 0.519. The molecule has 4 rings (SSSR count). The van der Waals surface area contributed by atoms with E-state index in [1.54, 1.807) is 0 Å². The number of benzene rings is 2. The van der Waals surface area contributed by atoms with Gasteiger partial charge in [0.05, 0.1) is 28.7 Å². The largest absolute Gasteiger partial charge is 0.416 e. The number of aryl methyl sites for hydroxylation is 1. The number of rotatable bonds is 5. The Balaban J connectivity index is 1.40. The minimum Gasteiger partial charge on any atom is -0.338 e. The van der Waals surface area contributed by atoms with Crippen LogP contribution in [-0.4, -0.2) is 34.0 Å². The fourth-order valence-electron chi connectivity index (χ4n) is 3.89. The van der Waals surface area contributed by atoms with Crippen LogP contribution in [0.4, 0.5) is 18.9 Å². The molecule has 1 fully saturated rings. The van der Waals surface area contributed by atoms with E-state index in [-0.39, 0.29) is 16.6 Å². The highest BCUT2D eigenvalue weighted by Gasteiger charge is 2.32. The van der Waals surface area contributed by atoms with Crippen molar-refractivity contribution in [3.8, 4) is 11.4 Å². The normalized spacial score (nSPS) is 17.2. The lowest BCUT2D eigenvalue weighted by atomic mass is 9.97. The molecule has 10 heteroatoms. The molecule has 1 aliphatic rings. The van der Waals surface area contributed by atoms with Crippen LogP contribution in [0, 0.1) is 12.8 Å². The summed E-state index contributed by atoms with van der Waals surface area (Å²) in [6.07, 6.45) is -3.14. The zero-order valence-electron chi connectivity index (χ0n) is 17.8. The zero-order chi connectivity index (χ0) is 23.6. The molecule has 6 nitrogen and oxygen atoms in total. The average Bonchev–Trinajstić information content (AvgIpc) is 3.23. The summed E-state index contributed by atoms with van der Waals surface area (Å²) in [4.78, 5) is 19.3. The van der Waals surface area contributed by atoms with Crippen molar-refractivity contribution in [1.82, 2.24) is 15.0 Å². The lowest BCUT2D eigenvalue weighted by Crippen LogP contribution is -2.40. The topological polar surface area (TPSA) is 71.3 Å². The Morgan fingerprint density at radius 1 is 1.27 bits per heavy atom. The van der Waals surface area contributed by atoms with E-state index in [0.717, 1.165) is 42.3 Å². The van der Waals surface area contributed by atoms with Gasteiger partial charge in [-0.05, 0) is 50.1 Å². The highest BCUT2D eigenvalue weighted by molar-refractivity contribution is 6.33. The molecule has 0 bridgehead atoms. The van der Waals surface area contributed by atoms with Crippen molar-refractivity contribution in [1.29, 1.82) is 0 Å². The number of anilines is 1. The molecule has 0 saturated carbocycles. The minimum absolute atomic E-state index is 0.0478. The molecule has 33 heavy (non-hydrogen) atoms. The van der Waals surface area contributed by atoms with E-state index in [0.29, 0.717) is 31.2 Å². The highest BCUT2D eigenvalue weighted by Crippen LogP contribution is 2.34. The number of nitrogens with one attached hydrogen (secondary N) is 1. The van der Waals surface area contributed by atoms with Crippen LogP contribution >= 0.6 is 11.6 Å². The van der Waals surface area contributed by atoms with E-state index in [1.807, 2.05) is 36.1 Å². The third-order valence-electron chi connectivity index (χ3n) is 5.64. The monoisotopic (exact) mass is 478 g/mol. The van der Waals surface area contributed by atoms with Crippen molar-refractivity contribution in [2.24, 2.45) is 5.92 Å². The van der Waals surface area contributed by atoms with E-state index in [2.05, 4.69) is 15.5 Å². The number of piperidine rings is 1. The van der Waals surface area contributed by atoms with E-state index in [1.165, 1.54) is 0 Å². The summed E-state index contributed by atoms with van der Waals surface area (Å²) >= 11 is 6.01. The van der Waals surface area contributed by atoms with Crippen LogP contribution < -0.4 is 5.32 Å². The smallest absolute Gasteiger partial charge is 0.338 e. The van der Waals surface area contributed by atoms with Crippen molar-refractivity contribution in [3.63, 3.8) is 0 Å². The van der Waals surface area contributed by atoms with Crippen molar-refractivity contribution >= 4 is 23.2 Å². The summed E-state index contributed by atoms with van der Waals surface area (Å²) in [5.74, 6) is 0.180. The molecule has 1 aromatic heterocycles. The van der Waals surface area contributed by atoms with Gasteiger partial charge in [-0.3, -0.25) is 9.69 Å². The Kier molecular flexibility index (Phi) is 6.71. The van der Waals surface area contributed by atoms with Gasteiger partial charge in [0.15, 0.2) is 0 Å². The maximum Gasteiger partial charge on any atom is 0.416 e. The van der Waals surface area contributed by atoms with Gasteiger partial charge in [-0.2, -0.15) is 18.2 Å². The number of hydrogen-bond acceptors (Lipinski definition) is 5. The number of hydrogen-bond donors (Lipinski definition) is 1. The predicted octanol–water partition coefficient (Wildman–Crippen LogP) is 5.57. The highest BCUT2D eigenvalue weighted by atomic mass is 35.5. The fourth-order valence-corrected chi connectivity index (χ4v) is 4.05. The number of alkyl halides is 3. The van der Waals surface area contributed by atoms with E-state index in [9.17, 15) is 18.0 Å². The second kappa shape index (κ2) is 9.52. The van der Waals surface area contributed by atoms with Gasteiger partial charge in [0.25, 0.3) is 0 Å². The molecule has 0 aliphatic carbocycles. The number of aromatic nitrogens is 2. The third kappa shape index (κ3) is 5.54. The van der Waals surface area contributed by atoms with Crippen LogP contribution in [0.15, 0.2) is 47.0 Å². The van der Waals surface area contributed by atoms with Crippen molar-refractivity contribution < 1.29 is 22.5 Å². The first-order valence-electron chi connectivity index (χ1n) is 10.5. The molecule has 1 unspecified atom stereocenters. The third-order valence-corrected chi connectivity index (χ3v) is 5.97. The molecule has 0 radical (unpaired) electrons. The molecule has 3 aromatic rings. The summed E-state index contributed by atoms with van der Waals surface area (Å²) in [6, 6.07) is 10.6. The van der Waals surface area contributed by atoms with Crippen molar-refractivity contribution in [3.05, 3.63) is 64.5 Å². The first-order chi connectivity index (χ1) is 15.7. The molecule has 1 atom stereocenters. The van der Waals surface area contributed by atoms with Crippen LogP contribution in [0.5, 0.6) is 0 Å². The van der Waals surface area contributed by atoms with E-state index in [4.69, 9.17) is 16.1 Å². The maximum absolute atomic E-state index is 13.0. The predicted molar refractivity (Wildman–Crippen MR) is 118 cm³/mol. The first kappa shape index (κ1) is 23.3. The van der Waals surface area contributed by atoms with Crippen molar-refractivity contribution in [2.45, 2.75) is 32.5 Å². The zero-order valence-corrected chi connectivity index (χ0v) is 18.6. The van der Waals surface area contributed by atoms with Crippen LogP contribution in [-0.2, 0) is 17.5 Å². The Labute approximate surface area is 193 Å². The summed E-state index contributed by atoms with van der Waals surface area (Å²) in [5.41, 5.74) is 1.01. The number of likely N-dealkylation sites (tertiary alicyclic amines) is 1. The molecule has 174 valence electrons. The number of halogens is 4. The maximum atomic E-state index is 13.0. The lowest BCUT2D eigenvalue weighted by Gasteiger charge is -2.31. The molecule has 0 spiro atoms. The summed E-state index contributed by atoms with van der Waals surface area (Å²) in [5, 5.41) is 6.68. The Morgan fingerprint density at radius 2 is 2.06 bits per heavy atom. The molecule has 2 heterocycles. The van der Waals surface area contributed by atoms with Gasteiger partial charge in [-0.1, -0.05) is 41.0 Å². The van der Waals surface area contributed by atoms with Gasteiger partial charge in [0.2, 0.25) is 17.6 Å². The van der Waals surface area contributed by atoms with Gasteiger partial charge in [0.1, 0.15) is 0 Å². The van der Waals surface area contributed by atoms with Crippen LogP contribution in [0.1, 0.15) is 29.9 Å². The lowest BCUT2D eigenvalue weighted by molar-refractivity contribution is -0.137. The molecule has 1 saturated heterocycles. The van der Waals surface area contributed by atoms with Crippen LogP contribution in [0.25, 0.3) is 11.4 Å². The van der Waals surface area contributed by atoms with Crippen LogP contribution in [0.3, 0.4) is 0 Å². The molecule has 2 aromatic carbocycles. The SMILES string of the molecule is Cc1ccccc1-c1noc(CN2CCCC(C(=O)Nc3cc(C(F)(F)F)ccc3Cl)C2)n1. The fraction of sp³-hybridized carbons (Fsp3) is 0.348. The molecule has 1 N–H and O–H groups in total. The number of carbonyl (C=O) groups excluding carboxylic acids is 1. The summed E-state index contributed by atoms with van der Waals surface area (Å²) in [6.45, 7) is 3.52. The van der Waals surface area contributed by atoms with Crippen LogP contribution in [0.2, 0.25) is 5.02 Å². The van der Waals surface area contributed by atoms with Gasteiger partial charge < -0.3 is 9.84 Å². The van der Waals surface area contributed by atoms with Gasteiger partial charge in [0, 0.05) is 12.1 Å². The molecule has 1 aliphatic heterocycles. The van der Waals surface area contributed by atoms with Gasteiger partial charge >= 0.3 is 6.18 Å². The van der Waals surface area contributed by atoms with Crippen molar-refractivity contribution in [2.75, 3.05) is 18.4 Å². The first-order valence-corrected chi connectivity index (χ1v) is 10.9. The minimum atomic E-state index is -4.52.